The third kappa shape index (κ3) is 4.91. The zero-order valence-electron chi connectivity index (χ0n) is 15.4. The number of aryl methyl sites for hydroxylation is 1. The van der Waals surface area contributed by atoms with E-state index in [9.17, 15) is 13.2 Å². The first kappa shape index (κ1) is 21.0. The Kier molecular flexibility index (Phi) is 6.69. The van der Waals surface area contributed by atoms with Gasteiger partial charge in [-0.15, -0.1) is 0 Å². The Labute approximate surface area is 163 Å². The molecule has 9 heteroatoms. The quantitative estimate of drug-likeness (QED) is 0.755. The number of methoxy groups -OCH3 is 2. The predicted octanol–water partition coefficient (Wildman–Crippen LogP) is 2.92. The van der Waals surface area contributed by atoms with E-state index in [1.807, 2.05) is 13.0 Å². The lowest BCUT2D eigenvalue weighted by Crippen LogP contribution is -2.35. The summed E-state index contributed by atoms with van der Waals surface area (Å²) in [6.45, 7) is 1.48. The van der Waals surface area contributed by atoms with E-state index in [2.05, 4.69) is 5.32 Å². The third-order valence-corrected chi connectivity index (χ3v) is 5.87. The molecule has 27 heavy (non-hydrogen) atoms. The third-order valence-electron chi connectivity index (χ3n) is 3.81. The topological polar surface area (TPSA) is 84.9 Å². The molecule has 2 rings (SSSR count). The van der Waals surface area contributed by atoms with E-state index in [0.29, 0.717) is 11.4 Å². The van der Waals surface area contributed by atoms with Gasteiger partial charge in [-0.2, -0.15) is 4.31 Å². The molecule has 0 aliphatic heterocycles. The van der Waals surface area contributed by atoms with Gasteiger partial charge in [0.25, 0.3) is 0 Å². The van der Waals surface area contributed by atoms with Crippen molar-refractivity contribution in [3.05, 3.63) is 47.0 Å². The van der Waals surface area contributed by atoms with Crippen LogP contribution in [0.5, 0.6) is 11.5 Å². The van der Waals surface area contributed by atoms with E-state index in [-0.39, 0.29) is 15.7 Å². The fourth-order valence-corrected chi connectivity index (χ4v) is 3.96. The summed E-state index contributed by atoms with van der Waals surface area (Å²) < 4.78 is 36.9. The average Bonchev–Trinajstić information content (AvgIpc) is 2.61. The molecule has 0 aliphatic carbocycles. The maximum absolute atomic E-state index is 12.8. The van der Waals surface area contributed by atoms with Crippen LogP contribution in [0, 0.1) is 6.92 Å². The van der Waals surface area contributed by atoms with Gasteiger partial charge in [0, 0.05) is 12.1 Å². The molecular formula is C18H21ClN2O5S. The SMILES string of the molecule is COc1ccc(C)cc1NC(=O)CN(C)S(=O)(=O)c1cc(Cl)ccc1OC. The molecule has 1 N–H and O–H groups in total. The van der Waals surface area contributed by atoms with Gasteiger partial charge in [-0.1, -0.05) is 17.7 Å². The van der Waals surface area contributed by atoms with Crippen LogP contribution in [-0.2, 0) is 14.8 Å². The Morgan fingerprint density at radius 3 is 2.37 bits per heavy atom. The molecule has 7 nitrogen and oxygen atoms in total. The molecular weight excluding hydrogens is 392 g/mol. The number of benzene rings is 2. The molecule has 0 saturated heterocycles. The highest BCUT2D eigenvalue weighted by atomic mass is 35.5. The van der Waals surface area contributed by atoms with Gasteiger partial charge in [0.1, 0.15) is 16.4 Å². The van der Waals surface area contributed by atoms with E-state index >= 15 is 0 Å². The first-order valence-electron chi connectivity index (χ1n) is 7.93. The molecule has 0 bridgehead atoms. The number of amides is 1. The second-order valence-electron chi connectivity index (χ2n) is 5.81. The van der Waals surface area contributed by atoms with Crippen LogP contribution in [0.4, 0.5) is 5.69 Å². The Hall–Kier alpha value is -2.29. The first-order chi connectivity index (χ1) is 12.7. The summed E-state index contributed by atoms with van der Waals surface area (Å²) in [6, 6.07) is 9.58. The number of likely N-dealkylation sites (N-methyl/N-ethyl adjacent to an activating group) is 1. The van der Waals surface area contributed by atoms with Crippen molar-refractivity contribution in [2.75, 3.05) is 33.1 Å². The summed E-state index contributed by atoms with van der Waals surface area (Å²) in [5.41, 5.74) is 1.39. The van der Waals surface area contributed by atoms with Gasteiger partial charge >= 0.3 is 0 Å². The molecule has 1 amide bonds. The van der Waals surface area contributed by atoms with Crippen LogP contribution >= 0.6 is 11.6 Å². The minimum Gasteiger partial charge on any atom is -0.495 e. The lowest BCUT2D eigenvalue weighted by atomic mass is 10.2. The number of halogens is 1. The van der Waals surface area contributed by atoms with Crippen molar-refractivity contribution in [1.29, 1.82) is 0 Å². The van der Waals surface area contributed by atoms with Crippen molar-refractivity contribution in [3.63, 3.8) is 0 Å². The van der Waals surface area contributed by atoms with E-state index in [4.69, 9.17) is 21.1 Å². The molecule has 0 fully saturated rings. The number of hydrogen-bond acceptors (Lipinski definition) is 5. The molecule has 146 valence electrons. The summed E-state index contributed by atoms with van der Waals surface area (Å²) in [5, 5.41) is 2.92. The summed E-state index contributed by atoms with van der Waals surface area (Å²) in [6.07, 6.45) is 0. The van der Waals surface area contributed by atoms with Crippen LogP contribution in [0.1, 0.15) is 5.56 Å². The largest absolute Gasteiger partial charge is 0.495 e. The van der Waals surface area contributed by atoms with E-state index in [1.54, 1.807) is 12.1 Å². The summed E-state index contributed by atoms with van der Waals surface area (Å²) in [4.78, 5) is 12.3. The fraction of sp³-hybridized carbons (Fsp3) is 0.278. The summed E-state index contributed by atoms with van der Waals surface area (Å²) >= 11 is 5.91. The monoisotopic (exact) mass is 412 g/mol. The van der Waals surface area contributed by atoms with Crippen LogP contribution < -0.4 is 14.8 Å². The van der Waals surface area contributed by atoms with E-state index < -0.39 is 22.5 Å². The Morgan fingerprint density at radius 2 is 1.74 bits per heavy atom. The molecule has 0 heterocycles. The van der Waals surface area contributed by atoms with Crippen LogP contribution in [0.25, 0.3) is 0 Å². The number of hydrogen-bond donors (Lipinski definition) is 1. The van der Waals surface area contributed by atoms with Crippen molar-refractivity contribution in [2.45, 2.75) is 11.8 Å². The number of ether oxygens (including phenoxy) is 2. The standard InChI is InChI=1S/C18H21ClN2O5S/c1-12-5-7-15(25-3)14(9-12)20-18(22)11-21(2)27(23,24)17-10-13(19)6-8-16(17)26-4/h5-10H,11H2,1-4H3,(H,20,22). The smallest absolute Gasteiger partial charge is 0.247 e. The minimum atomic E-state index is -3.98. The summed E-state index contributed by atoms with van der Waals surface area (Å²) in [5.74, 6) is 0.119. The molecule has 2 aromatic carbocycles. The number of rotatable bonds is 7. The molecule has 0 aliphatic rings. The minimum absolute atomic E-state index is 0.110. The van der Waals surface area contributed by atoms with Crippen LogP contribution in [0.3, 0.4) is 0 Å². The molecule has 0 unspecified atom stereocenters. The highest BCUT2D eigenvalue weighted by Crippen LogP contribution is 2.29. The number of carbonyl (C=O) groups is 1. The van der Waals surface area contributed by atoms with Gasteiger partial charge in [0.15, 0.2) is 0 Å². The van der Waals surface area contributed by atoms with Gasteiger partial charge in [-0.3, -0.25) is 4.79 Å². The van der Waals surface area contributed by atoms with E-state index in [0.717, 1.165) is 9.87 Å². The first-order valence-corrected chi connectivity index (χ1v) is 9.75. The molecule has 0 saturated carbocycles. The predicted molar refractivity (Wildman–Crippen MR) is 104 cm³/mol. The lowest BCUT2D eigenvalue weighted by Gasteiger charge is -2.19. The van der Waals surface area contributed by atoms with E-state index in [1.165, 1.54) is 39.5 Å². The maximum atomic E-state index is 12.8. The highest BCUT2D eigenvalue weighted by molar-refractivity contribution is 7.89. The average molecular weight is 413 g/mol. The second kappa shape index (κ2) is 8.60. The molecule has 0 spiro atoms. The number of sulfonamides is 1. The molecule has 0 radical (unpaired) electrons. The van der Waals surface area contributed by atoms with Gasteiger partial charge in [0.2, 0.25) is 15.9 Å². The van der Waals surface area contributed by atoms with Crippen molar-refractivity contribution in [2.24, 2.45) is 0 Å². The number of carbonyl (C=O) groups excluding carboxylic acids is 1. The normalized spacial score (nSPS) is 11.3. The summed E-state index contributed by atoms with van der Waals surface area (Å²) in [7, 11) is 0.173. The van der Waals surface area contributed by atoms with Crippen molar-refractivity contribution < 1.29 is 22.7 Å². The Bertz CT molecular complexity index is 947. The molecule has 0 aromatic heterocycles. The molecule has 0 atom stereocenters. The van der Waals surface area contributed by atoms with Gasteiger partial charge in [0.05, 0.1) is 26.5 Å². The lowest BCUT2D eigenvalue weighted by molar-refractivity contribution is -0.116. The van der Waals surface area contributed by atoms with Gasteiger partial charge in [-0.05, 0) is 42.8 Å². The van der Waals surface area contributed by atoms with Crippen molar-refractivity contribution in [1.82, 2.24) is 4.31 Å². The van der Waals surface area contributed by atoms with Crippen molar-refractivity contribution in [3.8, 4) is 11.5 Å². The van der Waals surface area contributed by atoms with Crippen LogP contribution in [0.2, 0.25) is 5.02 Å². The number of anilines is 1. The van der Waals surface area contributed by atoms with Gasteiger partial charge < -0.3 is 14.8 Å². The van der Waals surface area contributed by atoms with Crippen LogP contribution in [-0.4, -0.2) is 46.4 Å². The number of nitrogens with one attached hydrogen (secondary N) is 1. The highest BCUT2D eigenvalue weighted by Gasteiger charge is 2.27. The van der Waals surface area contributed by atoms with Crippen molar-refractivity contribution >= 4 is 33.2 Å². The van der Waals surface area contributed by atoms with Gasteiger partial charge in [-0.25, -0.2) is 8.42 Å². The fourth-order valence-electron chi connectivity index (χ4n) is 2.42. The van der Waals surface area contributed by atoms with Crippen LogP contribution in [0.15, 0.2) is 41.3 Å². The zero-order chi connectivity index (χ0) is 20.2. The zero-order valence-corrected chi connectivity index (χ0v) is 17.0. The Morgan fingerprint density at radius 1 is 1.11 bits per heavy atom. The second-order valence-corrected chi connectivity index (χ2v) is 8.26. The molecule has 2 aromatic rings. The maximum Gasteiger partial charge on any atom is 0.247 e. The number of nitrogens with zero attached hydrogens (tertiary/aromatic N) is 1. The Balaban J connectivity index is 2.21.